The van der Waals surface area contributed by atoms with Crippen LogP contribution in [0.25, 0.3) is 0 Å². The summed E-state index contributed by atoms with van der Waals surface area (Å²) in [5.74, 6) is -1.78. The highest BCUT2D eigenvalue weighted by molar-refractivity contribution is 5.95. The zero-order valence-electron chi connectivity index (χ0n) is 12.4. The zero-order chi connectivity index (χ0) is 15.6. The molecule has 1 amide bonds. The standard InChI is InChI=1S/C16H22FNO3/c1-9-3-4-10(2)6-12(5-9)18-16(21)11-7-13(17)15(20)14(19)8-11/h7-10,12,19-20H,3-6H2,1-2H3,(H,18,21)/t9-,10+,12+. The monoisotopic (exact) mass is 295 g/mol. The fourth-order valence-corrected chi connectivity index (χ4v) is 2.97. The molecule has 5 heteroatoms. The summed E-state index contributed by atoms with van der Waals surface area (Å²) >= 11 is 0. The van der Waals surface area contributed by atoms with E-state index < -0.39 is 23.2 Å². The maximum atomic E-state index is 13.4. The van der Waals surface area contributed by atoms with Crippen LogP contribution in [0.5, 0.6) is 11.5 Å². The predicted octanol–water partition coefficient (Wildman–Crippen LogP) is 3.18. The predicted molar refractivity (Wildman–Crippen MR) is 77.8 cm³/mol. The first-order valence-electron chi connectivity index (χ1n) is 7.39. The van der Waals surface area contributed by atoms with Gasteiger partial charge in [0.15, 0.2) is 17.3 Å². The average molecular weight is 295 g/mol. The van der Waals surface area contributed by atoms with Gasteiger partial charge in [-0.1, -0.05) is 26.7 Å². The summed E-state index contributed by atoms with van der Waals surface area (Å²) < 4.78 is 13.4. The highest BCUT2D eigenvalue weighted by atomic mass is 19.1. The van der Waals surface area contributed by atoms with Crippen LogP contribution in [-0.2, 0) is 0 Å². The van der Waals surface area contributed by atoms with Crippen LogP contribution < -0.4 is 5.32 Å². The van der Waals surface area contributed by atoms with Crippen molar-refractivity contribution in [3.8, 4) is 11.5 Å². The Hall–Kier alpha value is -1.78. The Balaban J connectivity index is 2.10. The molecule has 1 aliphatic rings. The first-order chi connectivity index (χ1) is 9.86. The molecule has 3 N–H and O–H groups in total. The lowest BCUT2D eigenvalue weighted by molar-refractivity contribution is 0.0928. The minimum atomic E-state index is -0.997. The highest BCUT2D eigenvalue weighted by Crippen LogP contribution is 2.30. The summed E-state index contributed by atoms with van der Waals surface area (Å²) in [7, 11) is 0. The van der Waals surface area contributed by atoms with E-state index in [0.29, 0.717) is 11.8 Å². The number of hydrogen-bond acceptors (Lipinski definition) is 3. The lowest BCUT2D eigenvalue weighted by atomic mass is 9.99. The van der Waals surface area contributed by atoms with Crippen LogP contribution in [0, 0.1) is 17.7 Å². The van der Waals surface area contributed by atoms with Crippen molar-refractivity contribution in [2.75, 3.05) is 0 Å². The summed E-state index contributed by atoms with van der Waals surface area (Å²) in [5, 5.41) is 21.5. The lowest BCUT2D eigenvalue weighted by Crippen LogP contribution is -2.36. The molecule has 1 aromatic rings. The van der Waals surface area contributed by atoms with Crippen LogP contribution in [0.4, 0.5) is 4.39 Å². The van der Waals surface area contributed by atoms with Gasteiger partial charge in [0.2, 0.25) is 0 Å². The second-order valence-corrected chi connectivity index (χ2v) is 6.26. The first kappa shape index (κ1) is 15.6. The summed E-state index contributed by atoms with van der Waals surface area (Å²) in [6, 6.07) is 2.08. The molecule has 116 valence electrons. The maximum Gasteiger partial charge on any atom is 0.251 e. The van der Waals surface area contributed by atoms with Gasteiger partial charge >= 0.3 is 0 Å². The van der Waals surface area contributed by atoms with E-state index in [1.54, 1.807) is 0 Å². The van der Waals surface area contributed by atoms with Crippen LogP contribution in [0.1, 0.15) is 49.9 Å². The maximum absolute atomic E-state index is 13.4. The molecule has 2 rings (SSSR count). The number of aromatic hydroxyl groups is 2. The fourth-order valence-electron chi connectivity index (χ4n) is 2.97. The Labute approximate surface area is 124 Å². The molecule has 0 spiro atoms. The largest absolute Gasteiger partial charge is 0.504 e. The van der Waals surface area contributed by atoms with E-state index in [4.69, 9.17) is 0 Å². The first-order valence-corrected chi connectivity index (χ1v) is 7.39. The molecule has 1 saturated carbocycles. The SMILES string of the molecule is C[C@@H]1CC[C@H](C)C[C@@H](NC(=O)c2cc(O)c(O)c(F)c2)C1. The van der Waals surface area contributed by atoms with Crippen molar-refractivity contribution in [2.45, 2.75) is 45.6 Å². The lowest BCUT2D eigenvalue weighted by Gasteiger charge is -2.20. The van der Waals surface area contributed by atoms with Gasteiger partial charge in [-0.05, 0) is 36.8 Å². The minimum Gasteiger partial charge on any atom is -0.504 e. The molecule has 1 aliphatic carbocycles. The van der Waals surface area contributed by atoms with E-state index >= 15 is 0 Å². The van der Waals surface area contributed by atoms with Crippen LogP contribution in [-0.4, -0.2) is 22.2 Å². The number of amides is 1. The number of hydrogen-bond donors (Lipinski definition) is 3. The van der Waals surface area contributed by atoms with Crippen LogP contribution in [0.3, 0.4) is 0 Å². The summed E-state index contributed by atoms with van der Waals surface area (Å²) in [4.78, 5) is 12.2. The molecule has 0 bridgehead atoms. The van der Waals surface area contributed by atoms with E-state index in [-0.39, 0.29) is 11.6 Å². The van der Waals surface area contributed by atoms with Crippen LogP contribution in [0.2, 0.25) is 0 Å². The van der Waals surface area contributed by atoms with Crippen LogP contribution in [0.15, 0.2) is 12.1 Å². The molecule has 1 aromatic carbocycles. The van der Waals surface area contributed by atoms with Crippen LogP contribution >= 0.6 is 0 Å². The number of halogens is 1. The molecule has 0 saturated heterocycles. The summed E-state index contributed by atoms with van der Waals surface area (Å²) in [6.45, 7) is 4.34. The van der Waals surface area contributed by atoms with Crippen molar-refractivity contribution in [3.05, 3.63) is 23.5 Å². The quantitative estimate of drug-likeness (QED) is 0.580. The molecular weight excluding hydrogens is 273 g/mol. The highest BCUT2D eigenvalue weighted by Gasteiger charge is 2.24. The zero-order valence-corrected chi connectivity index (χ0v) is 12.4. The van der Waals surface area contributed by atoms with Crippen molar-refractivity contribution >= 4 is 5.91 Å². The van der Waals surface area contributed by atoms with Gasteiger partial charge < -0.3 is 15.5 Å². The number of nitrogens with one attached hydrogen (secondary N) is 1. The van der Waals surface area contributed by atoms with Gasteiger partial charge in [-0.3, -0.25) is 4.79 Å². The number of carbonyl (C=O) groups excluding carboxylic acids is 1. The summed E-state index contributed by atoms with van der Waals surface area (Å²) in [6.07, 6.45) is 4.12. The normalized spacial score (nSPS) is 26.1. The number of phenolic OH excluding ortho intramolecular Hbond substituents is 2. The Morgan fingerprint density at radius 3 is 2.29 bits per heavy atom. The number of carbonyl (C=O) groups is 1. The van der Waals surface area contributed by atoms with Crippen molar-refractivity contribution in [1.29, 1.82) is 0 Å². The van der Waals surface area contributed by atoms with Gasteiger partial charge in [-0.15, -0.1) is 0 Å². The van der Waals surface area contributed by atoms with E-state index in [2.05, 4.69) is 19.2 Å². The molecule has 3 atom stereocenters. The molecule has 0 aliphatic heterocycles. The minimum absolute atomic E-state index is 0.0207. The second-order valence-electron chi connectivity index (χ2n) is 6.26. The number of benzene rings is 1. The van der Waals surface area contributed by atoms with E-state index in [1.165, 1.54) is 0 Å². The van der Waals surface area contributed by atoms with Gasteiger partial charge in [0.1, 0.15) is 0 Å². The summed E-state index contributed by atoms with van der Waals surface area (Å²) in [5.41, 5.74) is 0.0207. The van der Waals surface area contributed by atoms with Crippen molar-refractivity contribution in [1.82, 2.24) is 5.32 Å². The van der Waals surface area contributed by atoms with Gasteiger partial charge in [-0.2, -0.15) is 0 Å². The van der Waals surface area contributed by atoms with E-state index in [0.717, 1.165) is 37.8 Å². The Kier molecular flexibility index (Phi) is 4.70. The average Bonchev–Trinajstić information content (AvgIpc) is 2.56. The van der Waals surface area contributed by atoms with Crippen molar-refractivity contribution in [3.63, 3.8) is 0 Å². The number of phenols is 2. The molecule has 0 heterocycles. The molecule has 0 aromatic heterocycles. The Bertz CT molecular complexity index is 497. The molecule has 21 heavy (non-hydrogen) atoms. The third-order valence-corrected chi connectivity index (χ3v) is 4.17. The Morgan fingerprint density at radius 2 is 1.76 bits per heavy atom. The third kappa shape index (κ3) is 3.86. The van der Waals surface area contributed by atoms with Crippen molar-refractivity contribution < 1.29 is 19.4 Å². The van der Waals surface area contributed by atoms with E-state index in [1.807, 2.05) is 0 Å². The smallest absolute Gasteiger partial charge is 0.251 e. The van der Waals surface area contributed by atoms with Gasteiger partial charge in [0.05, 0.1) is 0 Å². The topological polar surface area (TPSA) is 69.6 Å². The molecular formula is C16H22FNO3. The molecule has 0 unspecified atom stereocenters. The molecule has 4 nitrogen and oxygen atoms in total. The van der Waals surface area contributed by atoms with Gasteiger partial charge in [0.25, 0.3) is 5.91 Å². The van der Waals surface area contributed by atoms with Gasteiger partial charge in [0, 0.05) is 11.6 Å². The Morgan fingerprint density at radius 1 is 1.19 bits per heavy atom. The third-order valence-electron chi connectivity index (χ3n) is 4.17. The number of rotatable bonds is 2. The second kappa shape index (κ2) is 6.33. The van der Waals surface area contributed by atoms with Crippen molar-refractivity contribution in [2.24, 2.45) is 11.8 Å². The molecule has 0 radical (unpaired) electrons. The van der Waals surface area contributed by atoms with E-state index in [9.17, 15) is 19.4 Å². The fraction of sp³-hybridized carbons (Fsp3) is 0.562. The molecule has 1 fully saturated rings. The van der Waals surface area contributed by atoms with Gasteiger partial charge in [-0.25, -0.2) is 4.39 Å².